The lowest BCUT2D eigenvalue weighted by molar-refractivity contribution is -0.153. The molecule has 7 heteroatoms. The molecule has 1 amide bonds. The van der Waals surface area contributed by atoms with Gasteiger partial charge in [-0.2, -0.15) is 0 Å². The van der Waals surface area contributed by atoms with Crippen molar-refractivity contribution in [3.63, 3.8) is 0 Å². The predicted molar refractivity (Wildman–Crippen MR) is 104 cm³/mol. The highest BCUT2D eigenvalue weighted by molar-refractivity contribution is 6.32. The molecule has 0 radical (unpaired) electrons. The Morgan fingerprint density at radius 2 is 1.85 bits per heavy atom. The first kappa shape index (κ1) is 20.7. The van der Waals surface area contributed by atoms with Gasteiger partial charge in [0.15, 0.2) is 17.9 Å². The molecule has 0 aliphatic heterocycles. The average Bonchev–Trinajstić information content (AvgIpc) is 2.61. The molecule has 2 rings (SSSR count). The number of nitrogens with one attached hydrogen (secondary N) is 1. The lowest BCUT2D eigenvalue weighted by Gasteiger charge is -2.20. The molecule has 27 heavy (non-hydrogen) atoms. The molecule has 0 aliphatic rings. The van der Waals surface area contributed by atoms with Gasteiger partial charge in [-0.05, 0) is 42.2 Å². The van der Waals surface area contributed by atoms with Crippen LogP contribution in [-0.4, -0.2) is 29.6 Å². The monoisotopic (exact) mass is 390 g/mol. The molecule has 1 aromatic carbocycles. The third-order valence-corrected chi connectivity index (χ3v) is 4.05. The Hall–Kier alpha value is -2.60. The van der Waals surface area contributed by atoms with Crippen LogP contribution in [0.4, 0.5) is 5.69 Å². The maximum Gasteiger partial charge on any atom is 0.347 e. The van der Waals surface area contributed by atoms with Gasteiger partial charge in [0, 0.05) is 6.20 Å². The van der Waals surface area contributed by atoms with Gasteiger partial charge >= 0.3 is 5.97 Å². The first-order valence-corrected chi connectivity index (χ1v) is 8.89. The number of rotatable bonds is 6. The van der Waals surface area contributed by atoms with Crippen molar-refractivity contribution >= 4 is 29.2 Å². The van der Waals surface area contributed by atoms with Crippen molar-refractivity contribution in [2.24, 2.45) is 0 Å². The van der Waals surface area contributed by atoms with E-state index >= 15 is 0 Å². The topological polar surface area (TPSA) is 77.5 Å². The Kier molecular flexibility index (Phi) is 6.80. The van der Waals surface area contributed by atoms with E-state index in [1.165, 1.54) is 6.20 Å². The number of carbonyl (C=O) groups is 2. The van der Waals surface area contributed by atoms with Gasteiger partial charge < -0.3 is 14.8 Å². The standard InChI is InChI=1S/C20H23ClN2O4/c1-13(27-15-9-7-14(8-10-15)20(2,3)4)19(25)26-12-17(24)23-16-6-5-11-22-18(16)21/h5-11,13H,12H2,1-4H3,(H,23,24)/t13-/m0/s1. The first-order chi connectivity index (χ1) is 12.7. The fraction of sp³-hybridized carbons (Fsp3) is 0.350. The van der Waals surface area contributed by atoms with Crippen LogP contribution in [0.1, 0.15) is 33.3 Å². The number of anilines is 1. The minimum absolute atomic E-state index is 0.0353. The Morgan fingerprint density at radius 3 is 2.44 bits per heavy atom. The lowest BCUT2D eigenvalue weighted by atomic mass is 9.87. The number of carbonyl (C=O) groups excluding carboxylic acids is 2. The molecule has 2 aromatic rings. The quantitative estimate of drug-likeness (QED) is 0.596. The maximum absolute atomic E-state index is 12.0. The fourth-order valence-corrected chi connectivity index (χ4v) is 2.37. The summed E-state index contributed by atoms with van der Waals surface area (Å²) in [5.74, 6) is -0.596. The lowest BCUT2D eigenvalue weighted by Crippen LogP contribution is -2.29. The van der Waals surface area contributed by atoms with Crippen LogP contribution >= 0.6 is 11.6 Å². The van der Waals surface area contributed by atoms with Crippen molar-refractivity contribution in [3.8, 4) is 5.75 Å². The van der Waals surface area contributed by atoms with Crippen LogP contribution in [0, 0.1) is 0 Å². The minimum Gasteiger partial charge on any atom is -0.479 e. The molecule has 0 saturated carbocycles. The summed E-state index contributed by atoms with van der Waals surface area (Å²) in [7, 11) is 0. The summed E-state index contributed by atoms with van der Waals surface area (Å²) < 4.78 is 10.6. The maximum atomic E-state index is 12.0. The van der Waals surface area contributed by atoms with E-state index in [0.29, 0.717) is 11.4 Å². The van der Waals surface area contributed by atoms with E-state index in [0.717, 1.165) is 5.56 Å². The van der Waals surface area contributed by atoms with Crippen LogP contribution < -0.4 is 10.1 Å². The third kappa shape index (κ3) is 6.25. The molecular weight excluding hydrogens is 368 g/mol. The SMILES string of the molecule is C[C@H](Oc1ccc(C(C)(C)C)cc1)C(=O)OCC(=O)Nc1cccnc1Cl. The highest BCUT2D eigenvalue weighted by Gasteiger charge is 2.19. The van der Waals surface area contributed by atoms with Gasteiger partial charge in [0.05, 0.1) is 5.69 Å². The number of esters is 1. The highest BCUT2D eigenvalue weighted by atomic mass is 35.5. The molecule has 144 valence electrons. The molecule has 0 spiro atoms. The molecule has 1 aromatic heterocycles. The Labute approximate surface area is 163 Å². The molecule has 1 atom stereocenters. The van der Waals surface area contributed by atoms with E-state index < -0.39 is 24.6 Å². The Bertz CT molecular complexity index is 800. The van der Waals surface area contributed by atoms with E-state index in [1.54, 1.807) is 19.1 Å². The molecular formula is C20H23ClN2O4. The second kappa shape index (κ2) is 8.86. The van der Waals surface area contributed by atoms with E-state index in [-0.39, 0.29) is 10.6 Å². The number of benzene rings is 1. The summed E-state index contributed by atoms with van der Waals surface area (Å²) >= 11 is 5.86. The second-order valence-corrected chi connectivity index (χ2v) is 7.39. The van der Waals surface area contributed by atoms with Crippen LogP contribution in [0.3, 0.4) is 0 Å². The van der Waals surface area contributed by atoms with Crippen LogP contribution in [0.5, 0.6) is 5.75 Å². The van der Waals surface area contributed by atoms with Crippen molar-refractivity contribution < 1.29 is 19.1 Å². The number of halogens is 1. The van der Waals surface area contributed by atoms with E-state index in [4.69, 9.17) is 21.1 Å². The number of nitrogens with zero attached hydrogens (tertiary/aromatic N) is 1. The van der Waals surface area contributed by atoms with E-state index in [9.17, 15) is 9.59 Å². The third-order valence-electron chi connectivity index (χ3n) is 3.74. The van der Waals surface area contributed by atoms with Gasteiger partial charge in [-0.15, -0.1) is 0 Å². The average molecular weight is 391 g/mol. The van der Waals surface area contributed by atoms with Gasteiger partial charge in [-0.25, -0.2) is 9.78 Å². The molecule has 0 aliphatic carbocycles. The van der Waals surface area contributed by atoms with Gasteiger partial charge in [-0.3, -0.25) is 4.79 Å². The highest BCUT2D eigenvalue weighted by Crippen LogP contribution is 2.24. The summed E-state index contributed by atoms with van der Waals surface area (Å²) in [6.07, 6.45) is 0.658. The van der Waals surface area contributed by atoms with Crippen molar-refractivity contribution in [1.29, 1.82) is 0 Å². The number of hydrogen-bond donors (Lipinski definition) is 1. The molecule has 1 heterocycles. The zero-order chi connectivity index (χ0) is 20.0. The molecule has 6 nitrogen and oxygen atoms in total. The van der Waals surface area contributed by atoms with Crippen LogP contribution in [-0.2, 0) is 19.7 Å². The van der Waals surface area contributed by atoms with Crippen molar-refractivity contribution in [2.45, 2.75) is 39.2 Å². The summed E-state index contributed by atoms with van der Waals surface area (Å²) in [5.41, 5.74) is 1.55. The number of aromatic nitrogens is 1. The molecule has 0 saturated heterocycles. The Morgan fingerprint density at radius 1 is 1.19 bits per heavy atom. The van der Waals surface area contributed by atoms with Crippen molar-refractivity contribution in [1.82, 2.24) is 4.98 Å². The normalized spacial score (nSPS) is 12.2. The number of pyridine rings is 1. The zero-order valence-corrected chi connectivity index (χ0v) is 16.5. The van der Waals surface area contributed by atoms with Crippen LogP contribution in [0.15, 0.2) is 42.6 Å². The predicted octanol–water partition coefficient (Wildman–Crippen LogP) is 3.98. The van der Waals surface area contributed by atoms with E-state index in [2.05, 4.69) is 31.1 Å². The van der Waals surface area contributed by atoms with Gasteiger partial charge in [0.25, 0.3) is 5.91 Å². The molecule has 1 N–H and O–H groups in total. The largest absolute Gasteiger partial charge is 0.479 e. The summed E-state index contributed by atoms with van der Waals surface area (Å²) in [5, 5.41) is 2.68. The summed E-state index contributed by atoms with van der Waals surface area (Å²) in [6, 6.07) is 10.8. The van der Waals surface area contributed by atoms with Crippen molar-refractivity contribution in [3.05, 3.63) is 53.3 Å². The first-order valence-electron chi connectivity index (χ1n) is 8.51. The Balaban J connectivity index is 1.83. The number of amides is 1. The van der Waals surface area contributed by atoms with Gasteiger partial charge in [0.2, 0.25) is 0 Å². The van der Waals surface area contributed by atoms with Crippen molar-refractivity contribution in [2.75, 3.05) is 11.9 Å². The van der Waals surface area contributed by atoms with Crippen LogP contribution in [0.2, 0.25) is 5.15 Å². The molecule has 0 bridgehead atoms. The number of ether oxygens (including phenoxy) is 2. The zero-order valence-electron chi connectivity index (χ0n) is 15.8. The molecule has 0 unspecified atom stereocenters. The van der Waals surface area contributed by atoms with Gasteiger partial charge in [-0.1, -0.05) is 44.5 Å². The smallest absolute Gasteiger partial charge is 0.347 e. The number of hydrogen-bond acceptors (Lipinski definition) is 5. The fourth-order valence-electron chi connectivity index (χ4n) is 2.21. The van der Waals surface area contributed by atoms with E-state index in [1.807, 2.05) is 24.3 Å². The molecule has 0 fully saturated rings. The van der Waals surface area contributed by atoms with Gasteiger partial charge in [0.1, 0.15) is 5.75 Å². The second-order valence-electron chi connectivity index (χ2n) is 7.03. The summed E-state index contributed by atoms with van der Waals surface area (Å²) in [4.78, 5) is 27.7. The minimum atomic E-state index is -0.847. The van der Waals surface area contributed by atoms with Crippen LogP contribution in [0.25, 0.3) is 0 Å². The summed E-state index contributed by atoms with van der Waals surface area (Å²) in [6.45, 7) is 7.47.